The van der Waals surface area contributed by atoms with Crippen LogP contribution in [-0.4, -0.2) is 97.4 Å². The zero-order valence-corrected chi connectivity index (χ0v) is 56.7. The van der Waals surface area contributed by atoms with Gasteiger partial charge in [-0.15, -0.1) is 0 Å². The summed E-state index contributed by atoms with van der Waals surface area (Å²) < 4.78 is 67.1. The maximum Gasteiger partial charge on any atom is 0.328 e. The first-order chi connectivity index (χ1) is 48.4. The average Bonchev–Trinajstić information content (AvgIpc) is 1.65. The Labute approximate surface area is 582 Å². The summed E-state index contributed by atoms with van der Waals surface area (Å²) in [6.45, 7) is -0.199. The van der Waals surface area contributed by atoms with Gasteiger partial charge in [0.25, 0.3) is 17.7 Å². The molecule has 0 spiro atoms. The predicted molar refractivity (Wildman–Crippen MR) is 376 cm³/mol. The molecule has 3 atom stereocenters. The highest BCUT2D eigenvalue weighted by Gasteiger charge is 2.32. The van der Waals surface area contributed by atoms with Crippen molar-refractivity contribution in [3.05, 3.63) is 264 Å². The van der Waals surface area contributed by atoms with E-state index >= 15 is 0 Å². The Morgan fingerprint density at radius 1 is 0.520 bits per heavy atom. The number of halogens is 5. The minimum absolute atomic E-state index is 0.151. The first kappa shape index (κ1) is 72.2. The molecule has 3 aromatic heterocycles. The Morgan fingerprint density at radius 2 is 0.950 bits per heavy atom. The van der Waals surface area contributed by atoms with Crippen molar-refractivity contribution in [2.45, 2.75) is 108 Å². The molecule has 0 saturated heterocycles. The Bertz CT molecular complexity index is 4490. The highest BCUT2D eigenvalue weighted by Crippen LogP contribution is 2.36. The van der Waals surface area contributed by atoms with Crippen LogP contribution in [0.1, 0.15) is 162 Å². The zero-order valence-electron chi connectivity index (χ0n) is 55.9. The van der Waals surface area contributed by atoms with Gasteiger partial charge >= 0.3 is 11.9 Å². The second-order valence-corrected chi connectivity index (χ2v) is 25.1. The summed E-state index contributed by atoms with van der Waals surface area (Å²) in [6, 6.07) is 39.0. The van der Waals surface area contributed by atoms with Crippen LogP contribution in [0, 0.1) is 23.3 Å². The topological polar surface area (TPSA) is 224 Å². The molecule has 3 aliphatic rings. The fourth-order valence-corrected chi connectivity index (χ4v) is 13.0. The third-order valence-corrected chi connectivity index (χ3v) is 17.9. The van der Waals surface area contributed by atoms with Gasteiger partial charge in [-0.3, -0.25) is 28.8 Å². The van der Waals surface area contributed by atoms with Gasteiger partial charge in [-0.1, -0.05) is 103 Å². The molecule has 0 radical (unpaired) electrons. The van der Waals surface area contributed by atoms with Crippen LogP contribution in [0.4, 0.5) is 17.6 Å². The molecular weight excluding hydrogens is 1300 g/mol. The van der Waals surface area contributed by atoms with Gasteiger partial charge in [-0.2, -0.15) is 15.3 Å². The maximum absolute atomic E-state index is 13.7. The summed E-state index contributed by atoms with van der Waals surface area (Å²) in [6.07, 6.45) is 16.5. The van der Waals surface area contributed by atoms with E-state index in [9.17, 15) is 46.6 Å². The van der Waals surface area contributed by atoms with E-state index in [1.165, 1.54) is 62.8 Å². The average molecular weight is 1380 g/mol. The molecule has 3 heterocycles. The van der Waals surface area contributed by atoms with Gasteiger partial charge in [0.2, 0.25) is 0 Å². The number of aryl methyl sites for hydroxylation is 2. The third kappa shape index (κ3) is 18.6. The van der Waals surface area contributed by atoms with Crippen LogP contribution in [0.2, 0.25) is 5.02 Å². The number of hydrogen-bond donors (Lipinski definition) is 5. The number of allylic oxidation sites excluding steroid dienone is 3. The van der Waals surface area contributed by atoms with Gasteiger partial charge in [0.1, 0.15) is 41.0 Å². The van der Waals surface area contributed by atoms with E-state index in [0.29, 0.717) is 40.4 Å². The largest absolute Gasteiger partial charge is 0.467 e. The highest BCUT2D eigenvalue weighted by atomic mass is 35.5. The van der Waals surface area contributed by atoms with Crippen LogP contribution in [0.5, 0.6) is 0 Å². The second kappa shape index (κ2) is 34.3. The molecule has 518 valence electrons. The molecule has 17 nitrogen and oxygen atoms in total. The lowest BCUT2D eigenvalue weighted by molar-refractivity contribution is -0.143. The monoisotopic (exact) mass is 1380 g/mol. The smallest absolute Gasteiger partial charge is 0.328 e. The van der Waals surface area contributed by atoms with E-state index in [1.807, 2.05) is 92.0 Å². The summed E-state index contributed by atoms with van der Waals surface area (Å²) in [5.74, 6) is -3.73. The number of carbonyl (C=O) groups is 5. The summed E-state index contributed by atoms with van der Waals surface area (Å²) in [5.41, 5.74) is 13.8. The molecular formula is C78H78ClF4N9O8. The van der Waals surface area contributed by atoms with Crippen LogP contribution in [0.3, 0.4) is 0 Å². The van der Waals surface area contributed by atoms with Gasteiger partial charge in [-0.25, -0.2) is 27.2 Å². The first-order valence-corrected chi connectivity index (χ1v) is 33.6. The number of aliphatic hydroxyl groups is 1. The van der Waals surface area contributed by atoms with Gasteiger partial charge in [0, 0.05) is 48.6 Å². The quantitative estimate of drug-likeness (QED) is 0.0327. The number of nitrogens with one attached hydrogen (secondary N) is 4. The van der Waals surface area contributed by atoms with Crippen molar-refractivity contribution < 1.29 is 56.1 Å². The minimum atomic E-state index is -0.955. The van der Waals surface area contributed by atoms with Crippen LogP contribution in [0.25, 0.3) is 34.9 Å². The van der Waals surface area contributed by atoms with Gasteiger partial charge < -0.3 is 30.5 Å². The van der Waals surface area contributed by atoms with E-state index in [4.69, 9.17) is 21.1 Å². The third-order valence-electron chi connectivity index (χ3n) is 17.6. The summed E-state index contributed by atoms with van der Waals surface area (Å²) in [7, 11) is 6.13. The molecule has 6 aromatic carbocycles. The second-order valence-electron chi connectivity index (χ2n) is 24.7. The number of rotatable bonds is 17. The molecule has 0 fully saturated rings. The number of methoxy groups -OCH3 is 2. The molecule has 3 aliphatic carbocycles. The molecule has 5 N–H and O–H groups in total. The van der Waals surface area contributed by atoms with Crippen molar-refractivity contribution in [3.63, 3.8) is 0 Å². The first-order valence-electron chi connectivity index (χ1n) is 33.2. The summed E-state index contributed by atoms with van der Waals surface area (Å²) >= 11 is 6.13. The maximum atomic E-state index is 13.7. The summed E-state index contributed by atoms with van der Waals surface area (Å²) in [5, 5.41) is 35.3. The fourth-order valence-electron chi connectivity index (χ4n) is 12.8. The van der Waals surface area contributed by atoms with Crippen molar-refractivity contribution in [2.24, 2.45) is 14.1 Å². The van der Waals surface area contributed by atoms with Crippen molar-refractivity contribution >= 4 is 76.2 Å². The molecule has 0 saturated carbocycles. The van der Waals surface area contributed by atoms with Gasteiger partial charge in [0.05, 0.1) is 44.0 Å². The lowest BCUT2D eigenvalue weighted by Gasteiger charge is -2.16. The number of aromatic amines is 1. The summed E-state index contributed by atoms with van der Waals surface area (Å²) in [4.78, 5) is 64.4. The number of nitrogens with zero attached hydrogens (tertiary/aromatic N) is 5. The zero-order chi connectivity index (χ0) is 70.8. The van der Waals surface area contributed by atoms with E-state index in [0.717, 1.165) is 137 Å². The molecule has 9 aromatic rings. The number of amides is 3. The number of fused-ring (bicyclic) bond motifs is 3. The number of carbonyl (C=O) groups excluding carboxylic acids is 5. The van der Waals surface area contributed by atoms with Crippen LogP contribution in [-0.2, 0) is 65.3 Å². The molecule has 100 heavy (non-hydrogen) atoms. The number of aromatic nitrogens is 6. The molecule has 12 rings (SSSR count). The van der Waals surface area contributed by atoms with Crippen molar-refractivity contribution in [3.8, 4) is 0 Å². The molecule has 0 aliphatic heterocycles. The number of aliphatic hydroxyl groups excluding tert-OH is 1. The normalized spacial score (nSPS) is 15.5. The SMILES string of the molecule is COC(=O)[C@H](Cc1ccc(F)cc1)NC(=O)c1[nH]nc2c1CCCC/C2=C\c1cccc(Cl)c1.COC(=O)[C@H](Cc1ccc(F)cc1)NC(=O)c1nn(C)c2c1CCCC/C2=C\c1cccc(F)c1.Cn1nc(C(=O)N[C@@H](CO)c2ccccc2)c2c1/C(=C/c1cccc(F)c1)CCCC2. The lowest BCUT2D eigenvalue weighted by atomic mass is 10.0. The number of esters is 2. The molecule has 0 bridgehead atoms. The van der Waals surface area contributed by atoms with Crippen molar-refractivity contribution in [2.75, 3.05) is 20.8 Å². The number of hydrogen-bond acceptors (Lipinski definition) is 11. The minimum Gasteiger partial charge on any atom is -0.467 e. The van der Waals surface area contributed by atoms with E-state index in [1.54, 1.807) is 52.8 Å². The Hall–Kier alpha value is -10.5. The van der Waals surface area contributed by atoms with Crippen LogP contribution >= 0.6 is 11.6 Å². The van der Waals surface area contributed by atoms with Crippen LogP contribution in [0.15, 0.2) is 152 Å². The molecule has 3 amide bonds. The number of ether oxygens (including phenoxy) is 2. The van der Waals surface area contributed by atoms with E-state index < -0.39 is 41.9 Å². The standard InChI is InChI=1S/C27H27F2N3O3.C26H25ClFN3O3.C25H26FN3O2/c1-32-25-19(14-18-6-5-8-21(29)15-18)7-3-4-9-22(25)24(31-32)26(33)30-23(27(34)35-2)16-17-10-12-20(28)13-11-17;1-34-26(33)22(15-16-9-11-20(28)12-10-16)29-25(32)24-21-8-3-2-6-18(23(21)30-31-24)13-17-5-4-7-19(27)14-17;1-29-24-19(14-17-8-7-12-20(26)15-17)11-5-6-13-21(24)23(28-29)25(31)27-22(16-30)18-9-3-2-4-10-18/h5-6,8,10-15,23H,3-4,7,9,16H2,1-2H3,(H,30,33);4-5,7,9-14,22H,2-3,6,8,15H2,1H3,(H,29,32)(H,30,31);2-4,7-10,12,14-15,22,30H,5-6,11,13,16H2,1H3,(H,27,31)/b19-14+;18-13+;19-14+/t23-;2*22-/m000/s1. The van der Waals surface area contributed by atoms with Gasteiger partial charge in [0.15, 0.2) is 11.4 Å². The number of H-pyrrole nitrogens is 1. The van der Waals surface area contributed by atoms with Gasteiger partial charge in [-0.05, 0) is 206 Å². The van der Waals surface area contributed by atoms with Crippen molar-refractivity contribution in [1.29, 1.82) is 0 Å². The predicted octanol–water partition coefficient (Wildman–Crippen LogP) is 13.8. The molecule has 22 heteroatoms. The highest BCUT2D eigenvalue weighted by molar-refractivity contribution is 6.30. The van der Waals surface area contributed by atoms with E-state index in [-0.39, 0.29) is 54.3 Å². The Kier molecular flexibility index (Phi) is 24.8. The van der Waals surface area contributed by atoms with Crippen molar-refractivity contribution in [1.82, 2.24) is 45.7 Å². The Morgan fingerprint density at radius 3 is 1.42 bits per heavy atom. The van der Waals surface area contributed by atoms with E-state index in [2.05, 4.69) is 36.3 Å². The lowest BCUT2D eigenvalue weighted by Crippen LogP contribution is -2.43. The number of benzene rings is 6. The fraction of sp³-hybridized carbons (Fsp3) is 0.282. The molecule has 0 unspecified atom stereocenters. The van der Waals surface area contributed by atoms with Crippen LogP contribution < -0.4 is 16.0 Å². The Balaban J connectivity index is 0.000000162.